The number of piperazine rings is 1. The number of hydrogen-bond donors (Lipinski definition) is 2. The summed E-state index contributed by atoms with van der Waals surface area (Å²) in [7, 11) is 1.60. The molecule has 0 radical (unpaired) electrons. The lowest BCUT2D eigenvalue weighted by Crippen LogP contribution is -2.49. The number of amides is 1. The van der Waals surface area contributed by atoms with Crippen LogP contribution in [0.25, 0.3) is 10.9 Å². The number of anilines is 3. The predicted molar refractivity (Wildman–Crippen MR) is 125 cm³/mol. The highest BCUT2D eigenvalue weighted by molar-refractivity contribution is 6.08. The largest absolute Gasteiger partial charge is 0.495 e. The van der Waals surface area contributed by atoms with E-state index in [1.165, 1.54) is 12.3 Å². The van der Waals surface area contributed by atoms with Gasteiger partial charge in [0.25, 0.3) is 5.91 Å². The van der Waals surface area contributed by atoms with Gasteiger partial charge in [-0.3, -0.25) is 14.7 Å². The Balaban J connectivity index is 1.82. The minimum absolute atomic E-state index is 0.0225. The predicted octanol–water partition coefficient (Wildman–Crippen LogP) is 3.89. The van der Waals surface area contributed by atoms with Crippen molar-refractivity contribution in [2.24, 2.45) is 5.73 Å². The number of carbonyl (C=O) groups is 1. The standard InChI is InChI=1S/C24H27F2N5O2/c1-14(2)30-6-8-31(9-7-30)21-11-16-20(12-22(21)33-3)28-13-17(24(27)32)23(16)29-19-5-4-15(25)10-18(19)26/h4-5,10-14H,6-9H2,1-3H3,(H2,27,32)(H,28,29). The normalized spacial score (nSPS) is 14.7. The van der Waals surface area contributed by atoms with Gasteiger partial charge in [0.15, 0.2) is 0 Å². The zero-order valence-electron chi connectivity index (χ0n) is 18.9. The Kier molecular flexibility index (Phi) is 6.33. The maximum Gasteiger partial charge on any atom is 0.252 e. The Morgan fingerprint density at radius 2 is 1.88 bits per heavy atom. The summed E-state index contributed by atoms with van der Waals surface area (Å²) in [4.78, 5) is 21.1. The second-order valence-corrected chi connectivity index (χ2v) is 8.32. The van der Waals surface area contributed by atoms with Crippen LogP contribution in [0.5, 0.6) is 5.75 Å². The van der Waals surface area contributed by atoms with Crippen LogP contribution < -0.4 is 20.7 Å². The number of nitrogens with two attached hydrogens (primary N) is 1. The van der Waals surface area contributed by atoms with Gasteiger partial charge in [-0.2, -0.15) is 0 Å². The van der Waals surface area contributed by atoms with Crippen LogP contribution in [0.4, 0.5) is 25.8 Å². The maximum atomic E-state index is 14.4. The molecule has 0 spiro atoms. The molecule has 1 amide bonds. The molecule has 1 aliphatic heterocycles. The minimum atomic E-state index is -0.783. The summed E-state index contributed by atoms with van der Waals surface area (Å²) in [5, 5.41) is 3.51. The summed E-state index contributed by atoms with van der Waals surface area (Å²) in [5.41, 5.74) is 7.42. The number of pyridine rings is 1. The number of carbonyl (C=O) groups excluding carboxylic acids is 1. The van der Waals surface area contributed by atoms with E-state index < -0.39 is 17.5 Å². The topological polar surface area (TPSA) is 83.7 Å². The van der Waals surface area contributed by atoms with E-state index in [1.807, 2.05) is 6.07 Å². The molecule has 0 saturated carbocycles. The van der Waals surface area contributed by atoms with Gasteiger partial charge in [0.1, 0.15) is 17.4 Å². The fourth-order valence-electron chi connectivity index (χ4n) is 4.15. The van der Waals surface area contributed by atoms with Crippen LogP contribution in [0.15, 0.2) is 36.5 Å². The molecule has 9 heteroatoms. The van der Waals surface area contributed by atoms with Crippen LogP contribution in [-0.4, -0.2) is 55.1 Å². The fourth-order valence-corrected chi connectivity index (χ4v) is 4.15. The number of nitrogens with zero attached hydrogens (tertiary/aromatic N) is 3. The van der Waals surface area contributed by atoms with Gasteiger partial charge in [0.05, 0.1) is 35.3 Å². The van der Waals surface area contributed by atoms with Crippen LogP contribution in [0, 0.1) is 11.6 Å². The van der Waals surface area contributed by atoms with Crippen molar-refractivity contribution in [1.82, 2.24) is 9.88 Å². The van der Waals surface area contributed by atoms with E-state index in [-0.39, 0.29) is 11.3 Å². The van der Waals surface area contributed by atoms with Gasteiger partial charge in [-0.15, -0.1) is 0 Å². The van der Waals surface area contributed by atoms with Gasteiger partial charge < -0.3 is 20.7 Å². The van der Waals surface area contributed by atoms with Crippen molar-refractivity contribution in [1.29, 1.82) is 0 Å². The summed E-state index contributed by atoms with van der Waals surface area (Å²) in [6, 6.07) is 7.32. The molecule has 1 fully saturated rings. The van der Waals surface area contributed by atoms with Crippen molar-refractivity contribution >= 4 is 33.9 Å². The average Bonchev–Trinajstić information content (AvgIpc) is 2.79. The molecular formula is C24H27F2N5O2. The van der Waals surface area contributed by atoms with Crippen LogP contribution in [0.3, 0.4) is 0 Å². The molecule has 3 N–H and O–H groups in total. The summed E-state index contributed by atoms with van der Waals surface area (Å²) < 4.78 is 33.4. The summed E-state index contributed by atoms with van der Waals surface area (Å²) in [6.45, 7) is 7.77. The number of fused-ring (bicyclic) bond motifs is 1. The highest BCUT2D eigenvalue weighted by atomic mass is 19.1. The first-order valence-corrected chi connectivity index (χ1v) is 10.8. The lowest BCUT2D eigenvalue weighted by molar-refractivity contribution is 0.100. The van der Waals surface area contributed by atoms with Crippen LogP contribution >= 0.6 is 0 Å². The molecule has 1 saturated heterocycles. The Hall–Kier alpha value is -3.46. The number of methoxy groups -OCH3 is 1. The third-order valence-electron chi connectivity index (χ3n) is 6.01. The molecule has 7 nitrogen and oxygen atoms in total. The highest BCUT2D eigenvalue weighted by Gasteiger charge is 2.23. The maximum absolute atomic E-state index is 14.4. The minimum Gasteiger partial charge on any atom is -0.495 e. The van der Waals surface area contributed by atoms with Gasteiger partial charge in [-0.1, -0.05) is 0 Å². The molecule has 174 valence electrons. The number of halogens is 2. The van der Waals surface area contributed by atoms with E-state index in [2.05, 4.69) is 33.9 Å². The van der Waals surface area contributed by atoms with Crippen LogP contribution in [0.1, 0.15) is 24.2 Å². The summed E-state index contributed by atoms with van der Waals surface area (Å²) in [5.74, 6) is -1.54. The number of nitrogens with one attached hydrogen (secondary N) is 1. The van der Waals surface area contributed by atoms with Gasteiger partial charge in [-0.05, 0) is 32.0 Å². The molecule has 0 bridgehead atoms. The highest BCUT2D eigenvalue weighted by Crippen LogP contribution is 2.38. The number of benzene rings is 2. The molecule has 2 aromatic carbocycles. The lowest BCUT2D eigenvalue weighted by atomic mass is 10.1. The molecule has 0 unspecified atom stereocenters. The van der Waals surface area contributed by atoms with Crippen molar-refractivity contribution in [3.05, 3.63) is 53.7 Å². The Morgan fingerprint density at radius 3 is 2.48 bits per heavy atom. The smallest absolute Gasteiger partial charge is 0.252 e. The van der Waals surface area contributed by atoms with E-state index in [9.17, 15) is 13.6 Å². The number of ether oxygens (including phenoxy) is 1. The first-order valence-electron chi connectivity index (χ1n) is 10.8. The molecule has 1 aliphatic rings. The first kappa shape index (κ1) is 22.7. The van der Waals surface area contributed by atoms with Crippen molar-refractivity contribution in [2.75, 3.05) is 43.5 Å². The number of primary amides is 1. The Bertz CT molecular complexity index is 1190. The third-order valence-corrected chi connectivity index (χ3v) is 6.01. The fraction of sp³-hybridized carbons (Fsp3) is 0.333. The first-order chi connectivity index (χ1) is 15.8. The van der Waals surface area contributed by atoms with Crippen LogP contribution in [-0.2, 0) is 0 Å². The van der Waals surface area contributed by atoms with E-state index >= 15 is 0 Å². The molecule has 3 aromatic rings. The summed E-state index contributed by atoms with van der Waals surface area (Å²) in [6.07, 6.45) is 1.34. The molecule has 4 rings (SSSR count). The lowest BCUT2D eigenvalue weighted by Gasteiger charge is -2.38. The van der Waals surface area contributed by atoms with Crippen molar-refractivity contribution in [2.45, 2.75) is 19.9 Å². The summed E-state index contributed by atoms with van der Waals surface area (Å²) >= 11 is 0. The van der Waals surface area contributed by atoms with E-state index in [0.29, 0.717) is 28.4 Å². The molecular weight excluding hydrogens is 428 g/mol. The zero-order valence-corrected chi connectivity index (χ0v) is 18.9. The van der Waals surface area contributed by atoms with Crippen molar-refractivity contribution < 1.29 is 18.3 Å². The zero-order chi connectivity index (χ0) is 23.7. The van der Waals surface area contributed by atoms with Gasteiger partial charge in [-0.25, -0.2) is 8.78 Å². The monoisotopic (exact) mass is 455 g/mol. The molecule has 1 aromatic heterocycles. The number of rotatable bonds is 6. The number of hydrogen-bond acceptors (Lipinski definition) is 6. The Morgan fingerprint density at radius 1 is 1.15 bits per heavy atom. The van der Waals surface area contributed by atoms with E-state index in [4.69, 9.17) is 10.5 Å². The number of aromatic nitrogens is 1. The molecule has 0 aliphatic carbocycles. The van der Waals surface area contributed by atoms with E-state index in [0.717, 1.165) is 44.0 Å². The van der Waals surface area contributed by atoms with Gasteiger partial charge >= 0.3 is 0 Å². The van der Waals surface area contributed by atoms with Crippen molar-refractivity contribution in [3.8, 4) is 5.75 Å². The van der Waals surface area contributed by atoms with Gasteiger partial charge in [0, 0.05) is 55.9 Å². The third kappa shape index (κ3) is 4.54. The second-order valence-electron chi connectivity index (χ2n) is 8.32. The molecule has 33 heavy (non-hydrogen) atoms. The molecule has 0 atom stereocenters. The van der Waals surface area contributed by atoms with Crippen molar-refractivity contribution in [3.63, 3.8) is 0 Å². The SMILES string of the molecule is COc1cc2ncc(C(N)=O)c(Nc3ccc(F)cc3F)c2cc1N1CCN(C(C)C)CC1. The van der Waals surface area contributed by atoms with Gasteiger partial charge in [0.2, 0.25) is 0 Å². The molecule has 2 heterocycles. The Labute approximate surface area is 191 Å². The van der Waals surface area contributed by atoms with E-state index in [1.54, 1.807) is 13.2 Å². The quantitative estimate of drug-likeness (QED) is 0.587. The second kappa shape index (κ2) is 9.19. The average molecular weight is 456 g/mol. The van der Waals surface area contributed by atoms with Crippen LogP contribution in [0.2, 0.25) is 0 Å².